The normalized spacial score (nSPS) is 12.5. The number of hydrogen-bond donors (Lipinski definition) is 1. The predicted octanol–water partition coefficient (Wildman–Crippen LogP) is 4.62. The lowest BCUT2D eigenvalue weighted by molar-refractivity contribution is -0.121. The Kier molecular flexibility index (Phi) is 7.38. The number of anilines is 2. The quantitative estimate of drug-likeness (QED) is 0.321. The summed E-state index contributed by atoms with van der Waals surface area (Å²) in [6.07, 6.45) is 0. The van der Waals surface area contributed by atoms with E-state index in [2.05, 4.69) is 4.72 Å². The van der Waals surface area contributed by atoms with Crippen LogP contribution in [0.15, 0.2) is 89.8 Å². The van der Waals surface area contributed by atoms with Crippen LogP contribution in [0, 0.1) is 0 Å². The van der Waals surface area contributed by atoms with Gasteiger partial charge in [0.15, 0.2) is 18.1 Å². The standard InChI is InChI=1S/C29H26N2O7S/c1-2-31(25-13-7-9-20-8-3-4-10-22(20)25)28(32)19-38-29(33)23-11-5-6-12-24(23)30-39(34,35)21-14-15-26-27(18-21)37-17-16-36-26/h3-15,18,30H,2,16-17,19H2,1H3. The van der Waals surface area contributed by atoms with Gasteiger partial charge >= 0.3 is 5.97 Å². The Balaban J connectivity index is 1.31. The molecule has 0 spiro atoms. The first kappa shape index (κ1) is 26.1. The highest BCUT2D eigenvalue weighted by atomic mass is 32.2. The number of hydrogen-bond acceptors (Lipinski definition) is 7. The summed E-state index contributed by atoms with van der Waals surface area (Å²) in [4.78, 5) is 27.6. The van der Waals surface area contributed by atoms with Gasteiger partial charge in [-0.2, -0.15) is 0 Å². The highest BCUT2D eigenvalue weighted by molar-refractivity contribution is 7.92. The molecule has 9 nitrogen and oxygen atoms in total. The minimum Gasteiger partial charge on any atom is -0.486 e. The number of ether oxygens (including phenoxy) is 3. The molecule has 0 bridgehead atoms. The van der Waals surface area contributed by atoms with Gasteiger partial charge in [0.2, 0.25) is 0 Å². The monoisotopic (exact) mass is 546 g/mol. The van der Waals surface area contributed by atoms with Crippen molar-refractivity contribution in [2.45, 2.75) is 11.8 Å². The van der Waals surface area contributed by atoms with Crippen LogP contribution < -0.4 is 19.1 Å². The van der Waals surface area contributed by atoms with E-state index < -0.39 is 28.5 Å². The fourth-order valence-electron chi connectivity index (χ4n) is 4.35. The van der Waals surface area contributed by atoms with Gasteiger partial charge in [-0.3, -0.25) is 9.52 Å². The van der Waals surface area contributed by atoms with Gasteiger partial charge in [0, 0.05) is 18.0 Å². The second kappa shape index (κ2) is 11.0. The van der Waals surface area contributed by atoms with Crippen molar-refractivity contribution in [2.75, 3.05) is 36.0 Å². The second-order valence-electron chi connectivity index (χ2n) is 8.67. The van der Waals surface area contributed by atoms with Gasteiger partial charge in [-0.1, -0.05) is 48.5 Å². The maximum Gasteiger partial charge on any atom is 0.340 e. The molecule has 0 saturated carbocycles. The smallest absolute Gasteiger partial charge is 0.340 e. The molecule has 0 atom stereocenters. The first-order chi connectivity index (χ1) is 18.9. The van der Waals surface area contributed by atoms with Crippen molar-refractivity contribution in [1.29, 1.82) is 0 Å². The van der Waals surface area contributed by atoms with E-state index in [1.807, 2.05) is 49.4 Å². The molecule has 0 saturated heterocycles. The van der Waals surface area contributed by atoms with Gasteiger partial charge in [-0.05, 0) is 42.6 Å². The van der Waals surface area contributed by atoms with Crippen molar-refractivity contribution >= 4 is 44.0 Å². The first-order valence-electron chi connectivity index (χ1n) is 12.3. The lowest BCUT2D eigenvalue weighted by Gasteiger charge is -2.23. The molecular formula is C29H26N2O7S. The number of nitrogens with one attached hydrogen (secondary N) is 1. The first-order valence-corrected chi connectivity index (χ1v) is 13.8. The Morgan fingerprint density at radius 3 is 2.44 bits per heavy atom. The summed E-state index contributed by atoms with van der Waals surface area (Å²) in [5, 5.41) is 1.89. The molecule has 4 aromatic rings. The lowest BCUT2D eigenvalue weighted by Crippen LogP contribution is -2.34. The van der Waals surface area contributed by atoms with Crippen LogP contribution in [0.25, 0.3) is 10.8 Å². The number of carbonyl (C=O) groups excluding carboxylic acids is 2. The topological polar surface area (TPSA) is 111 Å². The highest BCUT2D eigenvalue weighted by Crippen LogP contribution is 2.33. The van der Waals surface area contributed by atoms with Crippen molar-refractivity contribution in [3.05, 3.63) is 90.5 Å². The maximum absolute atomic E-state index is 13.1. The van der Waals surface area contributed by atoms with Crippen LogP contribution in [-0.4, -0.2) is 46.7 Å². The number of para-hydroxylation sites is 1. The van der Waals surface area contributed by atoms with E-state index in [1.54, 1.807) is 17.0 Å². The average molecular weight is 547 g/mol. The number of nitrogens with zero attached hydrogens (tertiary/aromatic N) is 1. The van der Waals surface area contributed by atoms with Crippen molar-refractivity contribution in [3.8, 4) is 11.5 Å². The fraction of sp³-hybridized carbons (Fsp3) is 0.172. The van der Waals surface area contributed by atoms with Gasteiger partial charge in [-0.25, -0.2) is 13.2 Å². The van der Waals surface area contributed by atoms with Crippen molar-refractivity contribution < 1.29 is 32.2 Å². The summed E-state index contributed by atoms with van der Waals surface area (Å²) in [6, 6.07) is 23.7. The number of esters is 1. The summed E-state index contributed by atoms with van der Waals surface area (Å²) in [6.45, 7) is 2.39. The van der Waals surface area contributed by atoms with Gasteiger partial charge in [0.25, 0.3) is 15.9 Å². The Morgan fingerprint density at radius 1 is 0.897 bits per heavy atom. The zero-order valence-electron chi connectivity index (χ0n) is 21.1. The fourth-order valence-corrected chi connectivity index (χ4v) is 5.45. The Hall–Kier alpha value is -4.57. The molecule has 0 unspecified atom stereocenters. The molecule has 10 heteroatoms. The van der Waals surface area contributed by atoms with E-state index in [0.29, 0.717) is 36.9 Å². The number of rotatable bonds is 8. The summed E-state index contributed by atoms with van der Waals surface area (Å²) in [5.74, 6) is -0.463. The van der Waals surface area contributed by atoms with Crippen molar-refractivity contribution in [2.24, 2.45) is 0 Å². The maximum atomic E-state index is 13.1. The Morgan fingerprint density at radius 2 is 1.62 bits per heavy atom. The van der Waals surface area contributed by atoms with Crippen LogP contribution in [0.2, 0.25) is 0 Å². The van der Waals surface area contributed by atoms with Crippen molar-refractivity contribution in [1.82, 2.24) is 0 Å². The second-order valence-corrected chi connectivity index (χ2v) is 10.4. The average Bonchev–Trinajstić information content (AvgIpc) is 2.96. The van der Waals surface area contributed by atoms with Gasteiger partial charge in [0.05, 0.1) is 21.8 Å². The molecule has 0 fully saturated rings. The Bertz CT molecular complexity index is 1650. The number of amides is 1. The molecule has 5 rings (SSSR count). The summed E-state index contributed by atoms with van der Waals surface area (Å²) in [7, 11) is -4.08. The van der Waals surface area contributed by atoms with E-state index in [-0.39, 0.29) is 16.1 Å². The number of likely N-dealkylation sites (N-methyl/N-ethyl adjacent to an activating group) is 1. The molecule has 0 aliphatic carbocycles. The molecule has 1 amide bonds. The molecule has 200 valence electrons. The molecule has 1 N–H and O–H groups in total. The van der Waals surface area contributed by atoms with E-state index in [0.717, 1.165) is 10.8 Å². The number of sulfonamides is 1. The lowest BCUT2D eigenvalue weighted by atomic mass is 10.1. The van der Waals surface area contributed by atoms with E-state index in [9.17, 15) is 18.0 Å². The van der Waals surface area contributed by atoms with Gasteiger partial charge in [0.1, 0.15) is 13.2 Å². The van der Waals surface area contributed by atoms with Crippen molar-refractivity contribution in [3.63, 3.8) is 0 Å². The summed E-state index contributed by atoms with van der Waals surface area (Å²) < 4.78 is 44.9. The summed E-state index contributed by atoms with van der Waals surface area (Å²) >= 11 is 0. The van der Waals surface area contributed by atoms with E-state index in [1.165, 1.54) is 30.3 Å². The molecule has 4 aromatic carbocycles. The molecule has 1 aliphatic heterocycles. The van der Waals surface area contributed by atoms with Crippen LogP contribution in [-0.2, 0) is 19.6 Å². The minimum atomic E-state index is -4.08. The molecule has 1 aliphatic rings. The number of carbonyl (C=O) groups is 2. The number of benzene rings is 4. The van der Waals surface area contributed by atoms with Gasteiger partial charge in [-0.15, -0.1) is 0 Å². The molecule has 39 heavy (non-hydrogen) atoms. The third-order valence-corrected chi connectivity index (χ3v) is 7.58. The molecule has 0 aromatic heterocycles. The molecular weight excluding hydrogens is 520 g/mol. The van der Waals surface area contributed by atoms with Crippen LogP contribution in [0.1, 0.15) is 17.3 Å². The predicted molar refractivity (Wildman–Crippen MR) is 147 cm³/mol. The third-order valence-electron chi connectivity index (χ3n) is 6.22. The van der Waals surface area contributed by atoms with Crippen LogP contribution >= 0.6 is 0 Å². The van der Waals surface area contributed by atoms with Crippen LogP contribution in [0.5, 0.6) is 11.5 Å². The molecule has 1 heterocycles. The van der Waals surface area contributed by atoms with Gasteiger partial charge < -0.3 is 19.1 Å². The molecule has 0 radical (unpaired) electrons. The SMILES string of the molecule is CCN(C(=O)COC(=O)c1ccccc1NS(=O)(=O)c1ccc2c(c1)OCCO2)c1cccc2ccccc12. The highest BCUT2D eigenvalue weighted by Gasteiger charge is 2.24. The van der Waals surface area contributed by atoms with Crippen LogP contribution in [0.3, 0.4) is 0 Å². The van der Waals surface area contributed by atoms with Crippen LogP contribution in [0.4, 0.5) is 11.4 Å². The van der Waals surface area contributed by atoms with E-state index >= 15 is 0 Å². The Labute approximate surface area is 226 Å². The number of fused-ring (bicyclic) bond motifs is 2. The third kappa shape index (κ3) is 5.51. The van der Waals surface area contributed by atoms with E-state index in [4.69, 9.17) is 14.2 Å². The minimum absolute atomic E-state index is 0.0197. The zero-order chi connectivity index (χ0) is 27.4. The largest absolute Gasteiger partial charge is 0.486 e. The summed E-state index contributed by atoms with van der Waals surface area (Å²) in [5.41, 5.74) is 0.704. The zero-order valence-corrected chi connectivity index (χ0v) is 21.9.